The van der Waals surface area contributed by atoms with Crippen molar-refractivity contribution in [3.8, 4) is 0 Å². The highest BCUT2D eigenvalue weighted by molar-refractivity contribution is 9.10. The highest BCUT2D eigenvalue weighted by atomic mass is 79.9. The molecule has 0 saturated heterocycles. The zero-order valence-electron chi connectivity index (χ0n) is 11.8. The zero-order chi connectivity index (χ0) is 15.4. The maximum atomic E-state index is 11.4. The molecule has 0 radical (unpaired) electrons. The van der Waals surface area contributed by atoms with Crippen molar-refractivity contribution in [2.45, 2.75) is 29.9 Å². The van der Waals surface area contributed by atoms with Crippen molar-refractivity contribution >= 4 is 33.5 Å². The molecule has 0 bridgehead atoms. The van der Waals surface area contributed by atoms with Gasteiger partial charge in [-0.1, -0.05) is 24.8 Å². The average Bonchev–Trinajstić information content (AvgIpc) is 2.40. The van der Waals surface area contributed by atoms with E-state index < -0.39 is 0 Å². The minimum Gasteiger partial charge on any atom is -0.383 e. The lowest BCUT2D eigenvalue weighted by Crippen LogP contribution is -2.17. The fraction of sp³-hybridized carbons (Fsp3) is 0.286. The predicted octanol–water partition coefficient (Wildman–Crippen LogP) is 2.94. The lowest BCUT2D eigenvalue weighted by atomic mass is 10.1. The van der Waals surface area contributed by atoms with E-state index in [2.05, 4.69) is 57.2 Å². The van der Waals surface area contributed by atoms with Crippen LogP contribution in [0, 0.1) is 0 Å². The number of benzene rings is 1. The molecule has 2 rings (SSSR count). The van der Waals surface area contributed by atoms with Gasteiger partial charge in [0.05, 0.1) is 0 Å². The number of hydrogen-bond acceptors (Lipinski definition) is 5. The monoisotopic (exact) mass is 368 g/mol. The lowest BCUT2D eigenvalue weighted by Gasteiger charge is -2.14. The Balaban J connectivity index is 2.23. The van der Waals surface area contributed by atoms with Crippen LogP contribution in [0.15, 0.2) is 43.6 Å². The first-order chi connectivity index (χ1) is 9.99. The molecule has 21 heavy (non-hydrogen) atoms. The van der Waals surface area contributed by atoms with Gasteiger partial charge in [0.25, 0.3) is 5.56 Å². The summed E-state index contributed by atoms with van der Waals surface area (Å²) in [5.74, 6) is 0.217. The van der Waals surface area contributed by atoms with Crippen molar-refractivity contribution in [2.75, 3.05) is 12.3 Å². The van der Waals surface area contributed by atoms with Crippen molar-refractivity contribution in [1.29, 1.82) is 0 Å². The Labute approximate surface area is 135 Å². The van der Waals surface area contributed by atoms with Crippen LogP contribution in [-0.2, 0) is 0 Å². The van der Waals surface area contributed by atoms with Crippen LogP contribution in [0.3, 0.4) is 0 Å². The number of aromatic nitrogens is 2. The number of rotatable bonds is 5. The summed E-state index contributed by atoms with van der Waals surface area (Å²) in [6, 6.07) is 7.68. The molecule has 0 aliphatic rings. The molecule has 112 valence electrons. The molecule has 0 aliphatic carbocycles. The molecule has 1 atom stereocenters. The van der Waals surface area contributed by atoms with Crippen LogP contribution in [0.1, 0.15) is 25.5 Å². The quantitative estimate of drug-likeness (QED) is 0.706. The van der Waals surface area contributed by atoms with Crippen LogP contribution < -0.4 is 16.6 Å². The molecule has 0 fully saturated rings. The molecule has 7 heteroatoms. The number of anilines is 1. The fourth-order valence-corrected chi connectivity index (χ4v) is 3.34. The molecular formula is C14H17BrN4OS. The van der Waals surface area contributed by atoms with Crippen LogP contribution in [0.25, 0.3) is 0 Å². The van der Waals surface area contributed by atoms with Crippen molar-refractivity contribution in [1.82, 2.24) is 15.3 Å². The van der Waals surface area contributed by atoms with Gasteiger partial charge in [0.1, 0.15) is 5.82 Å². The van der Waals surface area contributed by atoms with Gasteiger partial charge >= 0.3 is 0 Å². The summed E-state index contributed by atoms with van der Waals surface area (Å²) in [6.45, 7) is 5.12. The number of nitrogen functional groups attached to an aromatic ring is 1. The molecule has 0 aliphatic heterocycles. The first-order valence-electron chi connectivity index (χ1n) is 6.57. The Morgan fingerprint density at radius 2 is 2.24 bits per heavy atom. The topological polar surface area (TPSA) is 83.8 Å². The first kappa shape index (κ1) is 16.1. The van der Waals surface area contributed by atoms with Gasteiger partial charge in [0, 0.05) is 21.5 Å². The van der Waals surface area contributed by atoms with Gasteiger partial charge in [-0.05, 0) is 47.1 Å². The van der Waals surface area contributed by atoms with E-state index in [1.54, 1.807) is 0 Å². The van der Waals surface area contributed by atoms with Crippen molar-refractivity contribution in [3.63, 3.8) is 0 Å². The summed E-state index contributed by atoms with van der Waals surface area (Å²) < 4.78 is 0.958. The minimum absolute atomic E-state index is 0.217. The van der Waals surface area contributed by atoms with Crippen LogP contribution in [0.2, 0.25) is 0 Å². The number of nitrogens with zero attached hydrogens (tertiary/aromatic N) is 1. The van der Waals surface area contributed by atoms with Crippen molar-refractivity contribution in [3.05, 3.63) is 44.7 Å². The Morgan fingerprint density at radius 1 is 1.48 bits per heavy atom. The molecule has 1 unspecified atom stereocenters. The van der Waals surface area contributed by atoms with E-state index in [-0.39, 0.29) is 17.4 Å². The smallest absolute Gasteiger partial charge is 0.253 e. The van der Waals surface area contributed by atoms with Crippen LogP contribution in [0.5, 0.6) is 0 Å². The number of nitrogens with two attached hydrogens (primary N) is 1. The van der Waals surface area contributed by atoms with E-state index in [0.717, 1.165) is 15.9 Å². The Morgan fingerprint density at radius 3 is 2.86 bits per heavy atom. The van der Waals surface area contributed by atoms with Gasteiger partial charge < -0.3 is 16.0 Å². The lowest BCUT2D eigenvalue weighted by molar-refractivity contribution is 0.597. The highest BCUT2D eigenvalue weighted by Gasteiger charge is 2.09. The molecule has 2 aromatic rings. The summed E-state index contributed by atoms with van der Waals surface area (Å²) in [7, 11) is 0. The third-order valence-corrected chi connectivity index (χ3v) is 4.79. The van der Waals surface area contributed by atoms with E-state index in [1.165, 1.54) is 23.4 Å². The number of nitrogens with one attached hydrogen (secondary N) is 2. The third kappa shape index (κ3) is 4.33. The molecule has 5 nitrogen and oxygen atoms in total. The maximum absolute atomic E-state index is 11.4. The van der Waals surface area contributed by atoms with Gasteiger partial charge in [-0.2, -0.15) is 0 Å². The third-order valence-electron chi connectivity index (χ3n) is 2.91. The average molecular weight is 369 g/mol. The zero-order valence-corrected chi connectivity index (χ0v) is 14.2. The summed E-state index contributed by atoms with van der Waals surface area (Å²) in [5, 5.41) is 3.85. The molecule has 1 heterocycles. The summed E-state index contributed by atoms with van der Waals surface area (Å²) >= 11 is 4.92. The maximum Gasteiger partial charge on any atom is 0.253 e. The van der Waals surface area contributed by atoms with Gasteiger partial charge in [0.15, 0.2) is 5.16 Å². The standard InChI is InChI=1S/C14H17BrN4OS/c1-3-17-8(2)9-4-5-11(10(15)6-9)21-14-18-12(16)7-13(20)19-14/h4-8,17H,3H2,1-2H3,(H3,16,18,19,20). The molecule has 1 aromatic heterocycles. The van der Waals surface area contributed by atoms with Gasteiger partial charge in [-0.15, -0.1) is 0 Å². The van der Waals surface area contributed by atoms with Gasteiger partial charge in [0.2, 0.25) is 0 Å². The molecular weight excluding hydrogens is 352 g/mol. The number of hydrogen-bond donors (Lipinski definition) is 3. The second-order valence-electron chi connectivity index (χ2n) is 4.55. The SMILES string of the molecule is CCNC(C)c1ccc(Sc2nc(N)cc(=O)[nH]2)c(Br)c1. The van der Waals surface area contributed by atoms with Crippen LogP contribution >= 0.6 is 27.7 Å². The Hall–Kier alpha value is -1.31. The minimum atomic E-state index is -0.251. The predicted molar refractivity (Wildman–Crippen MR) is 89.6 cm³/mol. The van der Waals surface area contributed by atoms with Crippen molar-refractivity contribution < 1.29 is 0 Å². The molecule has 0 spiro atoms. The molecule has 4 N–H and O–H groups in total. The fourth-order valence-electron chi connectivity index (χ4n) is 1.90. The normalized spacial score (nSPS) is 12.3. The first-order valence-corrected chi connectivity index (χ1v) is 8.18. The number of H-pyrrole nitrogens is 1. The Bertz CT molecular complexity index is 689. The summed E-state index contributed by atoms with van der Waals surface area (Å²) in [5.41, 5.74) is 6.53. The van der Waals surface area contributed by atoms with Crippen LogP contribution in [0.4, 0.5) is 5.82 Å². The number of aromatic amines is 1. The van der Waals surface area contributed by atoms with E-state index in [4.69, 9.17) is 5.73 Å². The van der Waals surface area contributed by atoms with Gasteiger partial charge in [-0.25, -0.2) is 4.98 Å². The summed E-state index contributed by atoms with van der Waals surface area (Å²) in [6.07, 6.45) is 0. The number of halogens is 1. The summed E-state index contributed by atoms with van der Waals surface area (Å²) in [4.78, 5) is 19.1. The van der Waals surface area contributed by atoms with Crippen molar-refractivity contribution in [2.24, 2.45) is 0 Å². The second kappa shape index (κ2) is 7.11. The highest BCUT2D eigenvalue weighted by Crippen LogP contribution is 2.33. The molecule has 0 amide bonds. The van der Waals surface area contributed by atoms with E-state index >= 15 is 0 Å². The largest absolute Gasteiger partial charge is 0.383 e. The van der Waals surface area contributed by atoms with Gasteiger partial charge in [-0.3, -0.25) is 4.79 Å². The van der Waals surface area contributed by atoms with E-state index in [9.17, 15) is 4.79 Å². The Kier molecular flexibility index (Phi) is 5.44. The van der Waals surface area contributed by atoms with Crippen LogP contribution in [-0.4, -0.2) is 16.5 Å². The van der Waals surface area contributed by atoms with E-state index in [0.29, 0.717) is 5.16 Å². The van der Waals surface area contributed by atoms with E-state index in [1.807, 2.05) is 6.07 Å². The second-order valence-corrected chi connectivity index (χ2v) is 6.43. The molecule has 1 aromatic carbocycles. The molecule has 0 saturated carbocycles.